The molecule has 2 aromatic carbocycles. The van der Waals surface area contributed by atoms with Crippen LogP contribution in [0.1, 0.15) is 47.6 Å². The second kappa shape index (κ2) is 6.39. The van der Waals surface area contributed by atoms with Crippen LogP contribution < -0.4 is 0 Å². The van der Waals surface area contributed by atoms with Crippen LogP contribution in [-0.4, -0.2) is 0 Å². The molecular weight excluding hydrogens is 242 g/mol. The second-order valence-electron chi connectivity index (χ2n) is 5.72. The lowest BCUT2D eigenvalue weighted by molar-refractivity contribution is 0.857. The van der Waals surface area contributed by atoms with Crippen LogP contribution in [0.4, 0.5) is 0 Å². The van der Waals surface area contributed by atoms with E-state index in [9.17, 15) is 0 Å². The van der Waals surface area contributed by atoms with E-state index in [1.807, 2.05) is 12.1 Å². The summed E-state index contributed by atoms with van der Waals surface area (Å²) in [5, 5.41) is 9.13. The van der Waals surface area contributed by atoms with Gasteiger partial charge in [0.2, 0.25) is 0 Å². The molecule has 0 N–H and O–H groups in total. The van der Waals surface area contributed by atoms with E-state index in [1.165, 1.54) is 22.3 Å². The average Bonchev–Trinajstić information content (AvgIpc) is 2.46. The second-order valence-corrected chi connectivity index (χ2v) is 5.72. The summed E-state index contributed by atoms with van der Waals surface area (Å²) in [5.41, 5.74) is 5.93. The summed E-state index contributed by atoms with van der Waals surface area (Å²) in [6.45, 7) is 6.44. The van der Waals surface area contributed by atoms with Crippen LogP contribution in [-0.2, 0) is 12.8 Å². The molecule has 0 heterocycles. The van der Waals surface area contributed by atoms with Crippen molar-refractivity contribution in [2.75, 3.05) is 0 Å². The first-order valence-corrected chi connectivity index (χ1v) is 7.18. The Morgan fingerprint density at radius 3 is 2.20 bits per heavy atom. The van der Waals surface area contributed by atoms with E-state index in [0.717, 1.165) is 18.4 Å². The Bertz CT molecular complexity index is 615. The highest BCUT2D eigenvalue weighted by atomic mass is 14.2. The SMILES string of the molecule is Cc1ccc(CCc2cc(C#N)cc(C(C)C)c2)cc1. The van der Waals surface area contributed by atoms with Crippen molar-refractivity contribution in [2.45, 2.75) is 39.5 Å². The monoisotopic (exact) mass is 263 g/mol. The van der Waals surface area contributed by atoms with Crippen molar-refractivity contribution in [1.29, 1.82) is 5.26 Å². The summed E-state index contributed by atoms with van der Waals surface area (Å²) in [6, 6.07) is 17.2. The first-order chi connectivity index (χ1) is 9.58. The minimum Gasteiger partial charge on any atom is -0.192 e. The van der Waals surface area contributed by atoms with Crippen LogP contribution in [0.5, 0.6) is 0 Å². The molecule has 0 unspecified atom stereocenters. The van der Waals surface area contributed by atoms with Crippen molar-refractivity contribution in [1.82, 2.24) is 0 Å². The summed E-state index contributed by atoms with van der Waals surface area (Å²) in [4.78, 5) is 0. The molecule has 0 radical (unpaired) electrons. The lowest BCUT2D eigenvalue weighted by Gasteiger charge is -2.10. The number of nitrogens with zero attached hydrogens (tertiary/aromatic N) is 1. The van der Waals surface area contributed by atoms with Gasteiger partial charge in [0, 0.05) is 0 Å². The first kappa shape index (κ1) is 14.3. The fourth-order valence-electron chi connectivity index (χ4n) is 2.30. The number of benzene rings is 2. The van der Waals surface area contributed by atoms with E-state index in [2.05, 4.69) is 57.2 Å². The Morgan fingerprint density at radius 1 is 0.950 bits per heavy atom. The van der Waals surface area contributed by atoms with Gasteiger partial charge in [-0.25, -0.2) is 0 Å². The van der Waals surface area contributed by atoms with Crippen LogP contribution in [0, 0.1) is 18.3 Å². The third kappa shape index (κ3) is 3.71. The van der Waals surface area contributed by atoms with Gasteiger partial charge in [0.15, 0.2) is 0 Å². The smallest absolute Gasteiger partial charge is 0.0991 e. The Morgan fingerprint density at radius 2 is 1.60 bits per heavy atom. The van der Waals surface area contributed by atoms with Crippen molar-refractivity contribution in [3.63, 3.8) is 0 Å². The minimum absolute atomic E-state index is 0.460. The topological polar surface area (TPSA) is 23.8 Å². The molecule has 2 rings (SSSR count). The molecule has 0 spiro atoms. The average molecular weight is 263 g/mol. The largest absolute Gasteiger partial charge is 0.192 e. The molecular formula is C19H21N. The van der Waals surface area contributed by atoms with Crippen LogP contribution in [0.25, 0.3) is 0 Å². The zero-order valence-electron chi connectivity index (χ0n) is 12.5. The standard InChI is InChI=1S/C19H21N/c1-14(2)19-11-17(10-18(12-19)13-20)9-8-16-6-4-15(3)5-7-16/h4-7,10-12,14H,8-9H2,1-3H3. The highest BCUT2D eigenvalue weighted by Crippen LogP contribution is 2.19. The van der Waals surface area contributed by atoms with Crippen molar-refractivity contribution < 1.29 is 0 Å². The molecule has 0 amide bonds. The number of hydrogen-bond acceptors (Lipinski definition) is 1. The number of nitriles is 1. The lowest BCUT2D eigenvalue weighted by atomic mass is 9.95. The van der Waals surface area contributed by atoms with Crippen LogP contribution in [0.15, 0.2) is 42.5 Å². The van der Waals surface area contributed by atoms with Crippen LogP contribution in [0.2, 0.25) is 0 Å². The van der Waals surface area contributed by atoms with Gasteiger partial charge < -0.3 is 0 Å². The maximum atomic E-state index is 9.13. The summed E-state index contributed by atoms with van der Waals surface area (Å²) in [5.74, 6) is 0.460. The van der Waals surface area contributed by atoms with Gasteiger partial charge in [-0.2, -0.15) is 5.26 Å². The van der Waals surface area contributed by atoms with Crippen molar-refractivity contribution in [3.05, 3.63) is 70.3 Å². The highest BCUT2D eigenvalue weighted by Gasteiger charge is 2.05. The molecule has 102 valence electrons. The van der Waals surface area contributed by atoms with E-state index < -0.39 is 0 Å². The molecule has 0 fully saturated rings. The molecule has 0 saturated heterocycles. The third-order valence-electron chi connectivity index (χ3n) is 3.63. The van der Waals surface area contributed by atoms with Gasteiger partial charge in [-0.1, -0.05) is 49.7 Å². The molecule has 0 saturated carbocycles. The van der Waals surface area contributed by atoms with Crippen molar-refractivity contribution in [3.8, 4) is 6.07 Å². The lowest BCUT2D eigenvalue weighted by Crippen LogP contribution is -1.96. The number of hydrogen-bond donors (Lipinski definition) is 0. The minimum atomic E-state index is 0.460. The van der Waals surface area contributed by atoms with Crippen LogP contribution in [0.3, 0.4) is 0 Å². The van der Waals surface area contributed by atoms with Gasteiger partial charge in [-0.3, -0.25) is 0 Å². The molecule has 0 aliphatic heterocycles. The van der Waals surface area contributed by atoms with E-state index >= 15 is 0 Å². The van der Waals surface area contributed by atoms with Crippen molar-refractivity contribution >= 4 is 0 Å². The first-order valence-electron chi connectivity index (χ1n) is 7.18. The zero-order valence-corrected chi connectivity index (χ0v) is 12.5. The summed E-state index contributed by atoms with van der Waals surface area (Å²) >= 11 is 0. The van der Waals surface area contributed by atoms with E-state index in [0.29, 0.717) is 5.92 Å². The summed E-state index contributed by atoms with van der Waals surface area (Å²) in [7, 11) is 0. The fourth-order valence-corrected chi connectivity index (χ4v) is 2.30. The number of aryl methyl sites for hydroxylation is 3. The molecule has 1 nitrogen and oxygen atoms in total. The summed E-state index contributed by atoms with van der Waals surface area (Å²) in [6.07, 6.45) is 2.00. The third-order valence-corrected chi connectivity index (χ3v) is 3.63. The highest BCUT2D eigenvalue weighted by molar-refractivity contribution is 5.39. The molecule has 0 aromatic heterocycles. The molecule has 0 aliphatic carbocycles. The predicted octanol–water partition coefficient (Wildman–Crippen LogP) is 4.78. The maximum Gasteiger partial charge on any atom is 0.0991 e. The van der Waals surface area contributed by atoms with Crippen LogP contribution >= 0.6 is 0 Å². The van der Waals surface area contributed by atoms with E-state index in [-0.39, 0.29) is 0 Å². The van der Waals surface area contributed by atoms with Gasteiger partial charge in [0.05, 0.1) is 11.6 Å². The molecule has 1 heteroatoms. The van der Waals surface area contributed by atoms with Gasteiger partial charge >= 0.3 is 0 Å². The summed E-state index contributed by atoms with van der Waals surface area (Å²) < 4.78 is 0. The van der Waals surface area contributed by atoms with Gasteiger partial charge in [0.1, 0.15) is 0 Å². The van der Waals surface area contributed by atoms with Gasteiger partial charge in [-0.15, -0.1) is 0 Å². The van der Waals surface area contributed by atoms with E-state index in [4.69, 9.17) is 5.26 Å². The molecule has 0 bridgehead atoms. The fraction of sp³-hybridized carbons (Fsp3) is 0.316. The Kier molecular flexibility index (Phi) is 4.58. The Balaban J connectivity index is 2.14. The molecule has 2 aromatic rings. The molecule has 20 heavy (non-hydrogen) atoms. The molecule has 0 aliphatic rings. The Hall–Kier alpha value is -2.07. The van der Waals surface area contributed by atoms with Gasteiger partial charge in [-0.05, 0) is 54.5 Å². The van der Waals surface area contributed by atoms with Gasteiger partial charge in [0.25, 0.3) is 0 Å². The normalized spacial score (nSPS) is 10.6. The quantitative estimate of drug-likeness (QED) is 0.779. The number of rotatable bonds is 4. The van der Waals surface area contributed by atoms with Crippen molar-refractivity contribution in [2.24, 2.45) is 0 Å². The predicted molar refractivity (Wildman–Crippen MR) is 83.8 cm³/mol. The maximum absolute atomic E-state index is 9.13. The molecule has 0 atom stereocenters. The van der Waals surface area contributed by atoms with E-state index in [1.54, 1.807) is 0 Å². The zero-order chi connectivity index (χ0) is 14.5. The Labute approximate surface area is 121 Å².